The summed E-state index contributed by atoms with van der Waals surface area (Å²) in [6.45, 7) is 7.22. The number of hydrogen-bond donors (Lipinski definition) is 2. The van der Waals surface area contributed by atoms with E-state index in [1.807, 2.05) is 26.8 Å². The lowest BCUT2D eigenvalue weighted by Crippen LogP contribution is -2.41. The van der Waals surface area contributed by atoms with Gasteiger partial charge in [0.15, 0.2) is 0 Å². The summed E-state index contributed by atoms with van der Waals surface area (Å²) in [4.78, 5) is 11.6. The monoisotopic (exact) mass is 290 g/mol. The highest BCUT2D eigenvalue weighted by Gasteiger charge is 2.23. The number of benzene rings is 1. The highest BCUT2D eigenvalue weighted by Crippen LogP contribution is 2.25. The number of rotatable bonds is 3. The number of carbonyl (C=O) groups is 1. The van der Waals surface area contributed by atoms with E-state index in [0.717, 1.165) is 19.4 Å². The predicted molar refractivity (Wildman–Crippen MR) is 84.1 cm³/mol. The van der Waals surface area contributed by atoms with Crippen molar-refractivity contribution in [3.63, 3.8) is 0 Å². The standard InChI is InChI=1S/C17H26N2O2/c1-17(2,3)21-16(20)19-12-13-9-10-15(18-11-13)14-7-5-4-6-8-14/h4-8,13,15,18H,9-12H2,1-3H3,(H,19,20)/t13-,15+/m0/s1. The molecule has 4 heteroatoms. The van der Waals surface area contributed by atoms with Gasteiger partial charge in [-0.3, -0.25) is 0 Å². The molecule has 0 spiro atoms. The Hall–Kier alpha value is -1.55. The third-order valence-electron chi connectivity index (χ3n) is 3.65. The number of nitrogens with one attached hydrogen (secondary N) is 2. The van der Waals surface area contributed by atoms with Gasteiger partial charge >= 0.3 is 6.09 Å². The van der Waals surface area contributed by atoms with E-state index in [9.17, 15) is 4.79 Å². The first-order chi connectivity index (χ1) is 9.94. The quantitative estimate of drug-likeness (QED) is 0.898. The molecular formula is C17H26N2O2. The molecule has 0 bridgehead atoms. The van der Waals surface area contributed by atoms with Gasteiger partial charge in [-0.05, 0) is 45.1 Å². The number of amides is 1. The van der Waals surface area contributed by atoms with Crippen LogP contribution in [0.5, 0.6) is 0 Å². The lowest BCUT2D eigenvalue weighted by molar-refractivity contribution is 0.0515. The molecule has 0 unspecified atom stereocenters. The largest absolute Gasteiger partial charge is 0.444 e. The molecule has 2 rings (SSSR count). The second kappa shape index (κ2) is 6.94. The summed E-state index contributed by atoms with van der Waals surface area (Å²) in [6, 6.07) is 11.0. The minimum Gasteiger partial charge on any atom is -0.444 e. The highest BCUT2D eigenvalue weighted by atomic mass is 16.6. The zero-order valence-corrected chi connectivity index (χ0v) is 13.2. The van der Waals surface area contributed by atoms with Gasteiger partial charge in [-0.2, -0.15) is 0 Å². The summed E-state index contributed by atoms with van der Waals surface area (Å²) in [7, 11) is 0. The second-order valence-corrected chi connectivity index (χ2v) is 6.70. The van der Waals surface area contributed by atoms with Crippen molar-refractivity contribution in [2.75, 3.05) is 13.1 Å². The summed E-state index contributed by atoms with van der Waals surface area (Å²) < 4.78 is 5.25. The van der Waals surface area contributed by atoms with Crippen LogP contribution in [-0.2, 0) is 4.74 Å². The molecule has 21 heavy (non-hydrogen) atoms. The van der Waals surface area contributed by atoms with Crippen LogP contribution in [0.25, 0.3) is 0 Å². The molecule has 0 saturated carbocycles. The first kappa shape index (κ1) is 15.8. The maximum absolute atomic E-state index is 11.6. The second-order valence-electron chi connectivity index (χ2n) is 6.70. The van der Waals surface area contributed by atoms with Crippen molar-refractivity contribution < 1.29 is 9.53 Å². The van der Waals surface area contributed by atoms with Crippen molar-refractivity contribution in [1.29, 1.82) is 0 Å². The van der Waals surface area contributed by atoms with E-state index in [1.165, 1.54) is 5.56 Å². The summed E-state index contributed by atoms with van der Waals surface area (Å²) in [5, 5.41) is 6.43. The normalized spacial score (nSPS) is 22.6. The molecule has 0 aliphatic carbocycles. The fourth-order valence-corrected chi connectivity index (χ4v) is 2.60. The Bertz CT molecular complexity index is 446. The van der Waals surface area contributed by atoms with Gasteiger partial charge in [0.05, 0.1) is 0 Å². The van der Waals surface area contributed by atoms with Gasteiger partial charge in [-0.1, -0.05) is 30.3 Å². The van der Waals surface area contributed by atoms with Gasteiger partial charge < -0.3 is 15.4 Å². The number of alkyl carbamates (subject to hydrolysis) is 1. The Balaban J connectivity index is 1.71. The molecule has 1 fully saturated rings. The smallest absolute Gasteiger partial charge is 0.407 e. The van der Waals surface area contributed by atoms with E-state index in [4.69, 9.17) is 4.74 Å². The Kier molecular flexibility index (Phi) is 5.23. The zero-order chi connectivity index (χ0) is 15.3. The topological polar surface area (TPSA) is 50.4 Å². The Morgan fingerprint density at radius 1 is 1.29 bits per heavy atom. The van der Waals surface area contributed by atoms with Crippen molar-refractivity contribution >= 4 is 6.09 Å². The fourth-order valence-electron chi connectivity index (χ4n) is 2.60. The van der Waals surface area contributed by atoms with Gasteiger partial charge in [-0.25, -0.2) is 4.79 Å². The van der Waals surface area contributed by atoms with Crippen LogP contribution in [0.2, 0.25) is 0 Å². The molecular weight excluding hydrogens is 264 g/mol. The first-order valence-corrected chi connectivity index (χ1v) is 7.69. The zero-order valence-electron chi connectivity index (χ0n) is 13.2. The maximum atomic E-state index is 11.6. The molecule has 1 heterocycles. The fraction of sp³-hybridized carbons (Fsp3) is 0.588. The van der Waals surface area contributed by atoms with Crippen molar-refractivity contribution in [1.82, 2.24) is 10.6 Å². The molecule has 116 valence electrons. The van der Waals surface area contributed by atoms with Crippen LogP contribution in [-0.4, -0.2) is 24.8 Å². The molecule has 1 saturated heterocycles. The minimum atomic E-state index is -0.437. The van der Waals surface area contributed by atoms with E-state index >= 15 is 0 Å². The summed E-state index contributed by atoms with van der Waals surface area (Å²) >= 11 is 0. The SMILES string of the molecule is CC(C)(C)OC(=O)NC[C@H]1CC[C@H](c2ccccc2)NC1. The highest BCUT2D eigenvalue weighted by molar-refractivity contribution is 5.67. The molecule has 1 amide bonds. The predicted octanol–water partition coefficient (Wildman–Crippen LogP) is 3.25. The summed E-state index contributed by atoms with van der Waals surface area (Å²) in [5.74, 6) is 0.470. The minimum absolute atomic E-state index is 0.326. The molecule has 1 aromatic rings. The third kappa shape index (κ3) is 5.38. The lowest BCUT2D eigenvalue weighted by atomic mass is 9.91. The summed E-state index contributed by atoms with van der Waals surface area (Å²) in [6.07, 6.45) is 1.89. The van der Waals surface area contributed by atoms with Crippen LogP contribution in [0.3, 0.4) is 0 Å². The average Bonchev–Trinajstić information content (AvgIpc) is 2.45. The van der Waals surface area contributed by atoms with Gasteiger partial charge in [0.1, 0.15) is 5.60 Å². The third-order valence-corrected chi connectivity index (χ3v) is 3.65. The van der Waals surface area contributed by atoms with Crippen molar-refractivity contribution in [3.05, 3.63) is 35.9 Å². The van der Waals surface area contributed by atoms with Gasteiger partial charge in [-0.15, -0.1) is 0 Å². The molecule has 1 aliphatic rings. The van der Waals surface area contributed by atoms with E-state index < -0.39 is 5.60 Å². The van der Waals surface area contributed by atoms with Gasteiger partial charge in [0, 0.05) is 19.1 Å². The molecule has 2 N–H and O–H groups in total. The number of piperidine rings is 1. The first-order valence-electron chi connectivity index (χ1n) is 7.69. The maximum Gasteiger partial charge on any atom is 0.407 e. The van der Waals surface area contributed by atoms with Crippen LogP contribution >= 0.6 is 0 Å². The number of ether oxygens (including phenoxy) is 1. The van der Waals surface area contributed by atoms with Crippen LogP contribution in [0.15, 0.2) is 30.3 Å². The molecule has 1 aliphatic heterocycles. The van der Waals surface area contributed by atoms with E-state index in [-0.39, 0.29) is 6.09 Å². The number of hydrogen-bond acceptors (Lipinski definition) is 3. The average molecular weight is 290 g/mol. The van der Waals surface area contributed by atoms with Crippen molar-refractivity contribution in [2.24, 2.45) is 5.92 Å². The van der Waals surface area contributed by atoms with Gasteiger partial charge in [0.2, 0.25) is 0 Å². The van der Waals surface area contributed by atoms with Crippen LogP contribution < -0.4 is 10.6 Å². The van der Waals surface area contributed by atoms with Crippen LogP contribution in [0, 0.1) is 5.92 Å². The molecule has 0 aromatic heterocycles. The summed E-state index contributed by atoms with van der Waals surface area (Å²) in [5.41, 5.74) is 0.906. The molecule has 1 aromatic carbocycles. The van der Waals surface area contributed by atoms with Crippen LogP contribution in [0.1, 0.15) is 45.2 Å². The van der Waals surface area contributed by atoms with Crippen molar-refractivity contribution in [3.8, 4) is 0 Å². The molecule has 0 radical (unpaired) electrons. The van der Waals surface area contributed by atoms with E-state index in [1.54, 1.807) is 0 Å². The Labute approximate surface area is 127 Å². The van der Waals surface area contributed by atoms with E-state index in [0.29, 0.717) is 18.5 Å². The Morgan fingerprint density at radius 3 is 2.57 bits per heavy atom. The molecule has 4 nitrogen and oxygen atoms in total. The molecule has 2 atom stereocenters. The van der Waals surface area contributed by atoms with E-state index in [2.05, 4.69) is 34.9 Å². The lowest BCUT2D eigenvalue weighted by Gasteiger charge is -2.30. The Morgan fingerprint density at radius 2 is 2.00 bits per heavy atom. The van der Waals surface area contributed by atoms with Crippen molar-refractivity contribution in [2.45, 2.75) is 45.3 Å². The number of carbonyl (C=O) groups excluding carboxylic acids is 1. The van der Waals surface area contributed by atoms with Crippen LogP contribution in [0.4, 0.5) is 4.79 Å². The van der Waals surface area contributed by atoms with Gasteiger partial charge in [0.25, 0.3) is 0 Å².